The predicted octanol–water partition coefficient (Wildman–Crippen LogP) is 5.82. The van der Waals surface area contributed by atoms with Gasteiger partial charge in [-0.25, -0.2) is 4.98 Å². The van der Waals surface area contributed by atoms with E-state index in [4.69, 9.17) is 0 Å². The standard InChI is InChI=1S/C48H63N9O4/c1-32-27-36(28-37-31-51-55-44(32)37)30-41(52-43(58)17-15-34-12-10-33(11-13-34)14-16-40-39-9-6-20-50-45(39)54-46(40)59)47(60)53-42(29-35-18-21-49-22-19-35)48(61)57-25-23-56(24-26-57)38-7-4-2-3-5-8-38/h2,4-9,20,27-28,31,33-35,40-42,49H,3,10-19,21-26,29-30H2,1H3,(H,51,55)(H,52,58)(H,53,60)(H,50,54,59)/t33?,34?,40?,41-,42+/m1/s1. The van der Waals surface area contributed by atoms with E-state index in [2.05, 4.69) is 71.7 Å². The van der Waals surface area contributed by atoms with Crippen LogP contribution in [-0.2, 0) is 25.6 Å². The molecular weight excluding hydrogens is 767 g/mol. The molecule has 1 aromatic carbocycles. The summed E-state index contributed by atoms with van der Waals surface area (Å²) in [6.07, 6.45) is 25.1. The number of hydrogen-bond donors (Lipinski definition) is 5. The van der Waals surface area contributed by atoms with Crippen LogP contribution < -0.4 is 21.3 Å². The van der Waals surface area contributed by atoms with Gasteiger partial charge < -0.3 is 31.1 Å². The first-order valence-corrected chi connectivity index (χ1v) is 22.8. The third-order valence-corrected chi connectivity index (χ3v) is 13.8. The van der Waals surface area contributed by atoms with Crippen molar-refractivity contribution >= 4 is 40.3 Å². The fraction of sp³-hybridized carbons (Fsp3) is 0.542. The molecule has 324 valence electrons. The van der Waals surface area contributed by atoms with Crippen LogP contribution in [-0.4, -0.2) is 100.0 Å². The molecule has 2 aromatic heterocycles. The van der Waals surface area contributed by atoms with E-state index in [-0.39, 0.29) is 29.5 Å². The number of hydrogen-bond acceptors (Lipinski definition) is 8. The SMILES string of the molecule is Cc1cc(C[C@@H](NC(=O)CCC2CCC(CCC3C(=O)Nc4ncccc43)CC2)C(=O)N[C@@H](CC2CCNCC2)C(=O)N2CCN(C3=CC=CCC=C3)CC2)cc2cn[nH]c12. The quantitative estimate of drug-likeness (QED) is 0.128. The maximum Gasteiger partial charge on any atom is 0.245 e. The molecule has 1 saturated carbocycles. The summed E-state index contributed by atoms with van der Waals surface area (Å²) in [5, 5.41) is 20.9. The molecule has 4 amide bonds. The van der Waals surface area contributed by atoms with Gasteiger partial charge in [-0.05, 0) is 118 Å². The van der Waals surface area contributed by atoms with Crippen molar-refractivity contribution in [2.45, 2.75) is 108 Å². The summed E-state index contributed by atoms with van der Waals surface area (Å²) in [6, 6.07) is 6.45. The van der Waals surface area contributed by atoms with Gasteiger partial charge in [0, 0.05) is 61.9 Å². The molecule has 2 saturated heterocycles. The molecule has 1 unspecified atom stereocenters. The number of nitrogens with one attached hydrogen (secondary N) is 5. The highest BCUT2D eigenvalue weighted by Crippen LogP contribution is 2.39. The Balaban J connectivity index is 0.893. The van der Waals surface area contributed by atoms with Gasteiger partial charge in [-0.1, -0.05) is 56.0 Å². The lowest BCUT2D eigenvalue weighted by Crippen LogP contribution is -2.58. The molecule has 8 rings (SSSR count). The van der Waals surface area contributed by atoms with Gasteiger partial charge in [0.25, 0.3) is 0 Å². The van der Waals surface area contributed by atoms with Crippen LogP contribution in [0.25, 0.3) is 10.9 Å². The normalized spacial score (nSPS) is 22.9. The van der Waals surface area contributed by atoms with Crippen molar-refractivity contribution in [3.8, 4) is 0 Å². The second kappa shape index (κ2) is 20.0. The Labute approximate surface area is 359 Å². The molecule has 0 bridgehead atoms. The molecule has 5 heterocycles. The molecule has 2 aliphatic carbocycles. The Bertz CT molecular complexity index is 2120. The van der Waals surface area contributed by atoms with Gasteiger partial charge in [-0.3, -0.25) is 24.3 Å². The monoisotopic (exact) mass is 830 g/mol. The van der Waals surface area contributed by atoms with E-state index < -0.39 is 12.1 Å². The van der Waals surface area contributed by atoms with Gasteiger partial charge in [0.15, 0.2) is 0 Å². The summed E-state index contributed by atoms with van der Waals surface area (Å²) >= 11 is 0. The van der Waals surface area contributed by atoms with Crippen molar-refractivity contribution in [3.63, 3.8) is 0 Å². The number of piperazine rings is 1. The van der Waals surface area contributed by atoms with E-state index in [1.807, 2.05) is 36.1 Å². The number of fused-ring (bicyclic) bond motifs is 2. The molecule has 13 heteroatoms. The fourth-order valence-corrected chi connectivity index (χ4v) is 10.3. The second-order valence-electron chi connectivity index (χ2n) is 18.0. The minimum Gasteiger partial charge on any atom is -0.368 e. The number of amides is 4. The number of aromatic amines is 1. The fourth-order valence-electron chi connectivity index (χ4n) is 10.3. The highest BCUT2D eigenvalue weighted by molar-refractivity contribution is 6.01. The Morgan fingerprint density at radius 2 is 1.69 bits per heavy atom. The second-order valence-corrected chi connectivity index (χ2v) is 18.0. The number of anilines is 1. The zero-order valence-corrected chi connectivity index (χ0v) is 35.7. The number of nitrogens with zero attached hydrogens (tertiary/aromatic N) is 4. The highest BCUT2D eigenvalue weighted by atomic mass is 16.2. The van der Waals surface area contributed by atoms with E-state index >= 15 is 0 Å². The topological polar surface area (TPSA) is 164 Å². The molecule has 3 aromatic rings. The third kappa shape index (κ3) is 10.8. The molecule has 61 heavy (non-hydrogen) atoms. The molecule has 0 radical (unpaired) electrons. The number of aromatic nitrogens is 3. The minimum absolute atomic E-state index is 0.0403. The number of aryl methyl sites for hydroxylation is 1. The summed E-state index contributed by atoms with van der Waals surface area (Å²) in [7, 11) is 0. The van der Waals surface area contributed by atoms with E-state index in [1.165, 1.54) is 0 Å². The van der Waals surface area contributed by atoms with Gasteiger partial charge >= 0.3 is 0 Å². The number of carbonyl (C=O) groups is 4. The number of carbonyl (C=O) groups excluding carboxylic acids is 4. The van der Waals surface area contributed by atoms with Crippen molar-refractivity contribution in [2.75, 3.05) is 44.6 Å². The first-order chi connectivity index (χ1) is 29.8. The van der Waals surface area contributed by atoms with Crippen molar-refractivity contribution in [2.24, 2.45) is 17.8 Å². The molecule has 5 aliphatic rings. The van der Waals surface area contributed by atoms with Gasteiger partial charge in [-0.2, -0.15) is 5.10 Å². The van der Waals surface area contributed by atoms with Gasteiger partial charge in [0.2, 0.25) is 23.6 Å². The maximum atomic E-state index is 14.5. The molecule has 3 fully saturated rings. The lowest BCUT2D eigenvalue weighted by atomic mass is 9.77. The largest absolute Gasteiger partial charge is 0.368 e. The minimum atomic E-state index is -0.845. The molecule has 3 atom stereocenters. The van der Waals surface area contributed by atoms with Crippen molar-refractivity contribution in [3.05, 3.63) is 89.4 Å². The number of H-pyrrole nitrogens is 1. The summed E-state index contributed by atoms with van der Waals surface area (Å²) in [5.41, 5.74) is 5.06. The average molecular weight is 830 g/mol. The first-order valence-electron chi connectivity index (χ1n) is 22.8. The number of benzene rings is 1. The van der Waals surface area contributed by atoms with Crippen LogP contribution in [0.2, 0.25) is 0 Å². The van der Waals surface area contributed by atoms with Crippen LogP contribution in [0.15, 0.2) is 72.7 Å². The predicted molar refractivity (Wildman–Crippen MR) is 237 cm³/mol. The van der Waals surface area contributed by atoms with E-state index in [9.17, 15) is 19.2 Å². The molecule has 3 aliphatic heterocycles. The molecule has 5 N–H and O–H groups in total. The van der Waals surface area contributed by atoms with Crippen LogP contribution in [0.3, 0.4) is 0 Å². The molecular formula is C48H63N9O4. The van der Waals surface area contributed by atoms with Crippen LogP contribution in [0, 0.1) is 24.7 Å². The number of piperidine rings is 1. The van der Waals surface area contributed by atoms with Gasteiger partial charge in [-0.15, -0.1) is 0 Å². The average Bonchev–Trinajstić information content (AvgIpc) is 3.78. The molecule has 13 nitrogen and oxygen atoms in total. The Kier molecular flexibility index (Phi) is 13.9. The van der Waals surface area contributed by atoms with Gasteiger partial charge in [0.1, 0.15) is 17.9 Å². The smallest absolute Gasteiger partial charge is 0.245 e. The molecule has 0 spiro atoms. The Morgan fingerprint density at radius 1 is 0.902 bits per heavy atom. The lowest BCUT2D eigenvalue weighted by Gasteiger charge is -2.39. The van der Waals surface area contributed by atoms with Crippen molar-refractivity contribution in [1.29, 1.82) is 0 Å². The van der Waals surface area contributed by atoms with E-state index in [1.54, 1.807) is 12.4 Å². The zero-order valence-electron chi connectivity index (χ0n) is 35.7. The van der Waals surface area contributed by atoms with Crippen LogP contribution in [0.5, 0.6) is 0 Å². The lowest BCUT2D eigenvalue weighted by molar-refractivity contribution is -0.139. The van der Waals surface area contributed by atoms with E-state index in [0.717, 1.165) is 124 Å². The first kappa shape index (κ1) is 42.4. The number of allylic oxidation sites excluding steroid dienone is 5. The Hall–Kier alpha value is -5.30. The van der Waals surface area contributed by atoms with Crippen LogP contribution in [0.1, 0.15) is 99.7 Å². The summed E-state index contributed by atoms with van der Waals surface area (Å²) in [4.78, 5) is 63.9. The van der Waals surface area contributed by atoms with Crippen molar-refractivity contribution in [1.82, 2.24) is 40.9 Å². The highest BCUT2D eigenvalue weighted by Gasteiger charge is 2.35. The van der Waals surface area contributed by atoms with Gasteiger partial charge in [0.05, 0.1) is 17.6 Å². The van der Waals surface area contributed by atoms with Crippen LogP contribution in [0.4, 0.5) is 5.82 Å². The van der Waals surface area contributed by atoms with E-state index in [0.29, 0.717) is 55.9 Å². The number of rotatable bonds is 15. The van der Waals surface area contributed by atoms with Crippen molar-refractivity contribution < 1.29 is 19.2 Å². The summed E-state index contributed by atoms with van der Waals surface area (Å²) in [6.45, 7) is 6.44. The maximum absolute atomic E-state index is 14.5. The zero-order chi connectivity index (χ0) is 42.1. The van der Waals surface area contributed by atoms with Crippen LogP contribution >= 0.6 is 0 Å². The number of pyridine rings is 1. The Morgan fingerprint density at radius 3 is 2.49 bits per heavy atom. The summed E-state index contributed by atoms with van der Waals surface area (Å²) in [5.74, 6) is 1.45. The third-order valence-electron chi connectivity index (χ3n) is 13.8. The summed E-state index contributed by atoms with van der Waals surface area (Å²) < 4.78 is 0.